The number of halogens is 1. The molecule has 1 aromatic rings. The molecule has 1 aliphatic heterocycles. The number of thioether (sulfide) groups is 1. The number of hydrogen-bond donors (Lipinski definition) is 1. The Morgan fingerprint density at radius 3 is 2.29 bits per heavy atom. The average Bonchev–Trinajstić information content (AvgIpc) is 2.53. The molecule has 0 aliphatic carbocycles. The summed E-state index contributed by atoms with van der Waals surface area (Å²) < 4.78 is 0. The van der Waals surface area contributed by atoms with Crippen LogP contribution in [-0.2, 0) is 10.2 Å². The minimum atomic E-state index is 0. The molecule has 0 unspecified atom stereocenters. The highest BCUT2D eigenvalue weighted by atomic mass is 35.5. The highest BCUT2D eigenvalue weighted by molar-refractivity contribution is 8.00. The first-order valence-corrected chi connectivity index (χ1v) is 9.54. The van der Waals surface area contributed by atoms with Crippen LogP contribution in [-0.4, -0.2) is 43.2 Å². The molecule has 0 radical (unpaired) electrons. The first-order chi connectivity index (χ1) is 10.9. The SMILES string of the molecule is CNCC1CCN(C(=O)CSc2ccc(C(C)(C)C)cc2)CC1.Cl. The lowest BCUT2D eigenvalue weighted by Gasteiger charge is -2.32. The largest absolute Gasteiger partial charge is 0.342 e. The first-order valence-electron chi connectivity index (χ1n) is 8.56. The van der Waals surface area contributed by atoms with Crippen LogP contribution in [0.1, 0.15) is 39.2 Å². The Labute approximate surface area is 157 Å². The fourth-order valence-corrected chi connectivity index (χ4v) is 3.76. The summed E-state index contributed by atoms with van der Waals surface area (Å²) in [7, 11) is 2.00. The third-order valence-electron chi connectivity index (χ3n) is 4.54. The number of hydrogen-bond acceptors (Lipinski definition) is 3. The lowest BCUT2D eigenvalue weighted by atomic mass is 9.87. The highest BCUT2D eigenvalue weighted by Gasteiger charge is 2.22. The zero-order valence-corrected chi connectivity index (χ0v) is 16.9. The van der Waals surface area contributed by atoms with Gasteiger partial charge in [-0.2, -0.15) is 0 Å². The molecular weight excluding hydrogens is 340 g/mol. The molecule has 0 bridgehead atoms. The summed E-state index contributed by atoms with van der Waals surface area (Å²) in [6, 6.07) is 8.63. The van der Waals surface area contributed by atoms with E-state index >= 15 is 0 Å². The highest BCUT2D eigenvalue weighted by Crippen LogP contribution is 2.26. The van der Waals surface area contributed by atoms with Gasteiger partial charge in [0, 0.05) is 18.0 Å². The molecule has 1 N–H and O–H groups in total. The number of benzene rings is 1. The molecule has 0 atom stereocenters. The molecular formula is C19H31ClN2OS. The Bertz CT molecular complexity index is 505. The normalized spacial score (nSPS) is 15.9. The Hall–Kier alpha value is -0.710. The lowest BCUT2D eigenvalue weighted by molar-refractivity contribution is -0.129. The van der Waals surface area contributed by atoms with Crippen molar-refractivity contribution in [3.05, 3.63) is 29.8 Å². The summed E-state index contributed by atoms with van der Waals surface area (Å²) in [6.45, 7) is 9.55. The van der Waals surface area contributed by atoms with Crippen molar-refractivity contribution in [1.82, 2.24) is 10.2 Å². The van der Waals surface area contributed by atoms with Crippen molar-refractivity contribution in [2.45, 2.75) is 43.9 Å². The molecule has 1 saturated heterocycles. The monoisotopic (exact) mass is 370 g/mol. The van der Waals surface area contributed by atoms with Crippen LogP contribution in [0.25, 0.3) is 0 Å². The van der Waals surface area contributed by atoms with E-state index in [1.807, 2.05) is 11.9 Å². The van der Waals surface area contributed by atoms with Crippen LogP contribution in [0.3, 0.4) is 0 Å². The molecule has 1 aromatic carbocycles. The second-order valence-electron chi connectivity index (χ2n) is 7.44. The number of carbonyl (C=O) groups excluding carboxylic acids is 1. The van der Waals surface area contributed by atoms with Gasteiger partial charge in [0.1, 0.15) is 0 Å². The van der Waals surface area contributed by atoms with Gasteiger partial charge < -0.3 is 10.2 Å². The third kappa shape index (κ3) is 6.30. The zero-order chi connectivity index (χ0) is 16.9. The predicted octanol–water partition coefficient (Wildman–Crippen LogP) is 3.96. The molecule has 136 valence electrons. The lowest BCUT2D eigenvalue weighted by Crippen LogP contribution is -2.41. The van der Waals surface area contributed by atoms with Crippen LogP contribution in [0.15, 0.2) is 29.2 Å². The van der Waals surface area contributed by atoms with Crippen LogP contribution >= 0.6 is 24.2 Å². The minimum absolute atomic E-state index is 0. The fraction of sp³-hybridized carbons (Fsp3) is 0.632. The Balaban J connectivity index is 0.00000288. The van der Waals surface area contributed by atoms with Gasteiger partial charge in [0.2, 0.25) is 5.91 Å². The molecule has 24 heavy (non-hydrogen) atoms. The molecule has 1 fully saturated rings. The summed E-state index contributed by atoms with van der Waals surface area (Å²) in [6.07, 6.45) is 2.25. The number of rotatable bonds is 5. The molecule has 0 aromatic heterocycles. The number of piperidine rings is 1. The minimum Gasteiger partial charge on any atom is -0.342 e. The maximum Gasteiger partial charge on any atom is 0.232 e. The zero-order valence-electron chi connectivity index (χ0n) is 15.3. The van der Waals surface area contributed by atoms with Gasteiger partial charge in [0.05, 0.1) is 5.75 Å². The van der Waals surface area contributed by atoms with E-state index in [0.29, 0.717) is 5.75 Å². The summed E-state index contributed by atoms with van der Waals surface area (Å²) in [4.78, 5) is 15.6. The van der Waals surface area contributed by atoms with E-state index in [2.05, 4.69) is 50.4 Å². The van der Waals surface area contributed by atoms with Gasteiger partial charge in [-0.05, 0) is 55.5 Å². The molecule has 0 spiro atoms. The van der Waals surface area contributed by atoms with E-state index in [1.54, 1.807) is 11.8 Å². The molecule has 2 rings (SSSR count). The van der Waals surface area contributed by atoms with Crippen LogP contribution in [0.4, 0.5) is 0 Å². The predicted molar refractivity (Wildman–Crippen MR) is 106 cm³/mol. The summed E-state index contributed by atoms with van der Waals surface area (Å²) >= 11 is 1.65. The van der Waals surface area contributed by atoms with Gasteiger partial charge in [-0.3, -0.25) is 4.79 Å². The first kappa shape index (κ1) is 21.3. The van der Waals surface area contributed by atoms with Crippen LogP contribution in [0.5, 0.6) is 0 Å². The summed E-state index contributed by atoms with van der Waals surface area (Å²) in [5, 5.41) is 3.24. The smallest absolute Gasteiger partial charge is 0.232 e. The topological polar surface area (TPSA) is 32.3 Å². The average molecular weight is 371 g/mol. The molecule has 3 nitrogen and oxygen atoms in total. The van der Waals surface area contributed by atoms with Crippen molar-refractivity contribution < 1.29 is 4.79 Å². The van der Waals surface area contributed by atoms with E-state index in [0.717, 1.165) is 38.4 Å². The number of nitrogens with zero attached hydrogens (tertiary/aromatic N) is 1. The summed E-state index contributed by atoms with van der Waals surface area (Å²) in [5.74, 6) is 1.55. The van der Waals surface area contributed by atoms with Crippen molar-refractivity contribution in [1.29, 1.82) is 0 Å². The van der Waals surface area contributed by atoms with E-state index in [-0.39, 0.29) is 23.7 Å². The standard InChI is InChI=1S/C19H30N2OS.ClH/c1-19(2,3)16-5-7-17(8-6-16)23-14-18(22)21-11-9-15(10-12-21)13-20-4;/h5-8,15,20H,9-14H2,1-4H3;1H. The maximum absolute atomic E-state index is 12.4. The van der Waals surface area contributed by atoms with Gasteiger partial charge in [0.25, 0.3) is 0 Å². The van der Waals surface area contributed by atoms with Crippen molar-refractivity contribution >= 4 is 30.1 Å². The Morgan fingerprint density at radius 2 is 1.79 bits per heavy atom. The number of nitrogens with one attached hydrogen (secondary N) is 1. The van der Waals surface area contributed by atoms with Crippen molar-refractivity contribution in [3.63, 3.8) is 0 Å². The van der Waals surface area contributed by atoms with Gasteiger partial charge in [-0.25, -0.2) is 0 Å². The van der Waals surface area contributed by atoms with E-state index in [4.69, 9.17) is 0 Å². The fourth-order valence-electron chi connectivity index (χ4n) is 2.96. The van der Waals surface area contributed by atoms with E-state index in [9.17, 15) is 4.79 Å². The molecule has 0 saturated carbocycles. The second-order valence-corrected chi connectivity index (χ2v) is 8.49. The van der Waals surface area contributed by atoms with Gasteiger partial charge >= 0.3 is 0 Å². The van der Waals surface area contributed by atoms with Gasteiger partial charge in [-0.15, -0.1) is 24.2 Å². The van der Waals surface area contributed by atoms with Gasteiger partial charge in [0.15, 0.2) is 0 Å². The van der Waals surface area contributed by atoms with Gasteiger partial charge in [-0.1, -0.05) is 32.9 Å². The van der Waals surface area contributed by atoms with Crippen LogP contribution in [0.2, 0.25) is 0 Å². The van der Waals surface area contributed by atoms with Crippen molar-refractivity contribution in [2.24, 2.45) is 5.92 Å². The van der Waals surface area contributed by atoms with Crippen LogP contribution in [0, 0.1) is 5.92 Å². The number of amides is 1. The van der Waals surface area contributed by atoms with E-state index in [1.165, 1.54) is 10.5 Å². The molecule has 1 heterocycles. The van der Waals surface area contributed by atoms with E-state index < -0.39 is 0 Å². The molecule has 5 heteroatoms. The van der Waals surface area contributed by atoms with Crippen molar-refractivity contribution in [2.75, 3.05) is 32.4 Å². The molecule has 1 amide bonds. The second kappa shape index (κ2) is 9.69. The Morgan fingerprint density at radius 1 is 1.21 bits per heavy atom. The summed E-state index contributed by atoms with van der Waals surface area (Å²) in [5.41, 5.74) is 1.51. The number of carbonyl (C=O) groups is 1. The Kier molecular flexibility index (Phi) is 8.61. The third-order valence-corrected chi connectivity index (χ3v) is 5.54. The number of likely N-dealkylation sites (tertiary alicyclic amines) is 1. The maximum atomic E-state index is 12.4. The van der Waals surface area contributed by atoms with Crippen LogP contribution < -0.4 is 5.32 Å². The molecule has 1 aliphatic rings. The van der Waals surface area contributed by atoms with Crippen molar-refractivity contribution in [3.8, 4) is 0 Å². The quantitative estimate of drug-likeness (QED) is 0.796.